The number of hydrogen-bond acceptors (Lipinski definition) is 3. The van der Waals surface area contributed by atoms with Crippen LogP contribution in [0.5, 0.6) is 11.5 Å². The van der Waals surface area contributed by atoms with E-state index in [2.05, 4.69) is 10.6 Å². The predicted molar refractivity (Wildman–Crippen MR) is 74.3 cm³/mol. The van der Waals surface area contributed by atoms with Crippen LogP contribution in [-0.2, 0) is 0 Å². The second-order valence-corrected chi connectivity index (χ2v) is 4.87. The Kier molecular flexibility index (Phi) is 4.37. The number of halogens is 1. The van der Waals surface area contributed by atoms with Crippen LogP contribution in [0.1, 0.15) is 12.8 Å². The second kappa shape index (κ2) is 6.02. The van der Waals surface area contributed by atoms with E-state index in [1.54, 1.807) is 12.1 Å². The molecule has 0 unspecified atom stereocenters. The van der Waals surface area contributed by atoms with Crippen molar-refractivity contribution in [1.29, 1.82) is 0 Å². The summed E-state index contributed by atoms with van der Waals surface area (Å²) in [5, 5.41) is 5.95. The summed E-state index contributed by atoms with van der Waals surface area (Å²) in [6.45, 7) is 0.706. The van der Waals surface area contributed by atoms with Gasteiger partial charge in [-0.1, -0.05) is 11.6 Å². The van der Waals surface area contributed by atoms with E-state index in [0.29, 0.717) is 34.7 Å². The maximum Gasteiger partial charge on any atom is 0.319 e. The molecule has 1 fully saturated rings. The zero-order valence-corrected chi connectivity index (χ0v) is 11.7. The van der Waals surface area contributed by atoms with Crippen LogP contribution in [-0.4, -0.2) is 26.8 Å². The molecule has 5 nitrogen and oxygen atoms in total. The molecule has 0 heterocycles. The molecule has 2 amide bonds. The summed E-state index contributed by atoms with van der Waals surface area (Å²) < 4.78 is 10.3. The van der Waals surface area contributed by atoms with E-state index < -0.39 is 0 Å². The van der Waals surface area contributed by atoms with Gasteiger partial charge < -0.3 is 20.1 Å². The third-order valence-electron chi connectivity index (χ3n) is 2.97. The van der Waals surface area contributed by atoms with Crippen LogP contribution in [0.25, 0.3) is 0 Å². The van der Waals surface area contributed by atoms with Crippen LogP contribution in [0.3, 0.4) is 0 Å². The van der Waals surface area contributed by atoms with Gasteiger partial charge in [-0.2, -0.15) is 0 Å². The molecule has 2 rings (SSSR count). The number of methoxy groups -OCH3 is 2. The molecule has 0 saturated heterocycles. The van der Waals surface area contributed by atoms with Crippen molar-refractivity contribution in [1.82, 2.24) is 5.32 Å². The van der Waals surface area contributed by atoms with E-state index in [1.165, 1.54) is 27.1 Å². The molecule has 2 N–H and O–H groups in total. The minimum Gasteiger partial charge on any atom is -0.495 e. The fraction of sp³-hybridized carbons (Fsp3) is 0.462. The first-order valence-electron chi connectivity index (χ1n) is 6.10. The zero-order valence-electron chi connectivity index (χ0n) is 11.0. The van der Waals surface area contributed by atoms with Gasteiger partial charge in [-0.05, 0) is 24.8 Å². The molecule has 0 radical (unpaired) electrons. The molecule has 1 aliphatic carbocycles. The number of anilines is 1. The van der Waals surface area contributed by atoms with E-state index in [9.17, 15) is 4.79 Å². The average Bonchev–Trinajstić information content (AvgIpc) is 3.21. The summed E-state index contributed by atoms with van der Waals surface area (Å²) in [6, 6.07) is 2.99. The predicted octanol–water partition coefficient (Wildman–Crippen LogP) is 2.89. The van der Waals surface area contributed by atoms with Crippen molar-refractivity contribution in [3.63, 3.8) is 0 Å². The standard InChI is InChI=1S/C13H17ClN2O3/c1-18-11-6-12(19-2)10(5-9(11)14)16-13(17)15-7-8-3-4-8/h5-6,8H,3-4,7H2,1-2H3,(H2,15,16,17). The molecule has 1 aromatic carbocycles. The molecule has 104 valence electrons. The number of carbonyl (C=O) groups is 1. The Bertz CT molecular complexity index is 475. The fourth-order valence-corrected chi connectivity index (χ4v) is 1.92. The molecule has 1 aliphatic rings. The van der Waals surface area contributed by atoms with Crippen LogP contribution in [0.2, 0.25) is 5.02 Å². The Morgan fingerprint density at radius 3 is 2.58 bits per heavy atom. The van der Waals surface area contributed by atoms with Crippen LogP contribution >= 0.6 is 11.6 Å². The van der Waals surface area contributed by atoms with Gasteiger partial charge >= 0.3 is 6.03 Å². The van der Waals surface area contributed by atoms with Crippen molar-refractivity contribution in [3.05, 3.63) is 17.2 Å². The summed E-state index contributed by atoms with van der Waals surface area (Å²) in [5.41, 5.74) is 0.515. The third-order valence-corrected chi connectivity index (χ3v) is 3.27. The maximum absolute atomic E-state index is 11.7. The van der Waals surface area contributed by atoms with Gasteiger partial charge in [-0.15, -0.1) is 0 Å². The van der Waals surface area contributed by atoms with E-state index in [1.807, 2.05) is 0 Å². The topological polar surface area (TPSA) is 59.6 Å². The highest BCUT2D eigenvalue weighted by molar-refractivity contribution is 6.32. The fourth-order valence-electron chi connectivity index (χ4n) is 1.68. The lowest BCUT2D eigenvalue weighted by Crippen LogP contribution is -2.30. The van der Waals surface area contributed by atoms with Crippen LogP contribution in [0, 0.1) is 5.92 Å². The smallest absolute Gasteiger partial charge is 0.319 e. The molecule has 6 heteroatoms. The van der Waals surface area contributed by atoms with Crippen molar-refractivity contribution in [2.24, 2.45) is 5.92 Å². The third kappa shape index (κ3) is 3.67. The minimum absolute atomic E-state index is 0.258. The Morgan fingerprint density at radius 1 is 1.32 bits per heavy atom. The molecular formula is C13H17ClN2O3. The zero-order chi connectivity index (χ0) is 13.8. The molecule has 19 heavy (non-hydrogen) atoms. The van der Waals surface area contributed by atoms with Gasteiger partial charge in [0.1, 0.15) is 11.5 Å². The number of carbonyl (C=O) groups excluding carboxylic acids is 1. The Balaban J connectivity index is 2.04. The van der Waals surface area contributed by atoms with Gasteiger partial charge in [0.25, 0.3) is 0 Å². The molecular weight excluding hydrogens is 268 g/mol. The quantitative estimate of drug-likeness (QED) is 0.874. The molecule has 0 atom stereocenters. The van der Waals surface area contributed by atoms with Crippen LogP contribution in [0.4, 0.5) is 10.5 Å². The normalized spacial score (nSPS) is 13.8. The summed E-state index contributed by atoms with van der Waals surface area (Å²) in [5.74, 6) is 1.64. The number of urea groups is 1. The highest BCUT2D eigenvalue weighted by atomic mass is 35.5. The second-order valence-electron chi connectivity index (χ2n) is 4.47. The number of ether oxygens (including phenoxy) is 2. The lowest BCUT2D eigenvalue weighted by Gasteiger charge is -2.13. The SMILES string of the molecule is COc1cc(OC)c(NC(=O)NCC2CC2)cc1Cl. The Labute approximate surface area is 117 Å². The van der Waals surface area contributed by atoms with Gasteiger partial charge in [-0.25, -0.2) is 4.79 Å². The first-order chi connectivity index (χ1) is 9.13. The molecule has 0 aromatic heterocycles. The monoisotopic (exact) mass is 284 g/mol. The van der Waals surface area contributed by atoms with Gasteiger partial charge in [-0.3, -0.25) is 0 Å². The molecule has 1 saturated carbocycles. The van der Waals surface area contributed by atoms with Crippen LogP contribution in [0.15, 0.2) is 12.1 Å². The van der Waals surface area contributed by atoms with Gasteiger partial charge in [0.2, 0.25) is 0 Å². The van der Waals surface area contributed by atoms with Gasteiger partial charge in [0.15, 0.2) is 0 Å². The van der Waals surface area contributed by atoms with E-state index in [-0.39, 0.29) is 6.03 Å². The molecule has 0 spiro atoms. The Morgan fingerprint density at radius 2 is 2.00 bits per heavy atom. The van der Waals surface area contributed by atoms with Gasteiger partial charge in [0, 0.05) is 12.6 Å². The van der Waals surface area contributed by atoms with E-state index in [0.717, 1.165) is 0 Å². The first-order valence-corrected chi connectivity index (χ1v) is 6.48. The lowest BCUT2D eigenvalue weighted by molar-refractivity contribution is 0.251. The largest absolute Gasteiger partial charge is 0.495 e. The minimum atomic E-state index is -0.258. The van der Waals surface area contributed by atoms with Crippen molar-refractivity contribution >= 4 is 23.3 Å². The summed E-state index contributed by atoms with van der Waals surface area (Å²) in [7, 11) is 3.05. The highest BCUT2D eigenvalue weighted by Gasteiger charge is 2.21. The lowest BCUT2D eigenvalue weighted by atomic mass is 10.2. The van der Waals surface area contributed by atoms with Crippen molar-refractivity contribution in [3.8, 4) is 11.5 Å². The number of benzene rings is 1. The molecule has 0 aliphatic heterocycles. The molecule has 1 aromatic rings. The highest BCUT2D eigenvalue weighted by Crippen LogP contribution is 2.35. The summed E-state index contributed by atoms with van der Waals surface area (Å²) in [6.07, 6.45) is 2.38. The summed E-state index contributed by atoms with van der Waals surface area (Å²) in [4.78, 5) is 11.7. The molecule has 0 bridgehead atoms. The van der Waals surface area contributed by atoms with Crippen molar-refractivity contribution < 1.29 is 14.3 Å². The first kappa shape index (κ1) is 13.8. The van der Waals surface area contributed by atoms with Crippen molar-refractivity contribution in [2.45, 2.75) is 12.8 Å². The number of amides is 2. The van der Waals surface area contributed by atoms with E-state index in [4.69, 9.17) is 21.1 Å². The van der Waals surface area contributed by atoms with Crippen molar-refractivity contribution in [2.75, 3.05) is 26.1 Å². The summed E-state index contributed by atoms with van der Waals surface area (Å²) >= 11 is 6.03. The number of hydrogen-bond donors (Lipinski definition) is 2. The average molecular weight is 285 g/mol. The van der Waals surface area contributed by atoms with Crippen LogP contribution < -0.4 is 20.1 Å². The Hall–Kier alpha value is -1.62. The van der Waals surface area contributed by atoms with Gasteiger partial charge in [0.05, 0.1) is 24.9 Å². The van der Waals surface area contributed by atoms with E-state index >= 15 is 0 Å². The number of nitrogens with one attached hydrogen (secondary N) is 2. The number of rotatable bonds is 5. The maximum atomic E-state index is 11.7.